The van der Waals surface area contributed by atoms with Crippen LogP contribution in [0.3, 0.4) is 0 Å². The van der Waals surface area contributed by atoms with Gasteiger partial charge in [0.15, 0.2) is 0 Å². The number of anilines is 3. The number of nitrogens with zero attached hydrogens (tertiary/aromatic N) is 2. The monoisotopic (exact) mass is 928 g/mol. The lowest BCUT2D eigenvalue weighted by Crippen LogP contribution is -2.28. The van der Waals surface area contributed by atoms with Crippen LogP contribution >= 0.6 is 0 Å². The molecule has 14 rings (SSSR count). The van der Waals surface area contributed by atoms with Gasteiger partial charge in [-0.1, -0.05) is 237 Å². The van der Waals surface area contributed by atoms with E-state index in [0.717, 1.165) is 28.3 Å². The van der Waals surface area contributed by atoms with Gasteiger partial charge in [-0.05, 0) is 127 Å². The Morgan fingerprint density at radius 2 is 0.753 bits per heavy atom. The van der Waals surface area contributed by atoms with E-state index in [1.807, 2.05) is 0 Å². The summed E-state index contributed by atoms with van der Waals surface area (Å²) in [5.41, 5.74) is 21.1. The van der Waals surface area contributed by atoms with Crippen LogP contribution in [-0.2, 0) is 5.41 Å². The van der Waals surface area contributed by atoms with Crippen LogP contribution in [0.4, 0.5) is 17.1 Å². The molecule has 1 aliphatic rings. The van der Waals surface area contributed by atoms with Crippen molar-refractivity contribution in [3.05, 3.63) is 313 Å². The molecule has 0 saturated carbocycles. The summed E-state index contributed by atoms with van der Waals surface area (Å²) < 4.78 is 2.45. The molecule has 0 amide bonds. The Kier molecular flexibility index (Phi) is 10.1. The van der Waals surface area contributed by atoms with Crippen LogP contribution in [0.15, 0.2) is 291 Å². The second kappa shape index (κ2) is 17.4. The van der Waals surface area contributed by atoms with Crippen molar-refractivity contribution in [3.63, 3.8) is 0 Å². The van der Waals surface area contributed by atoms with Crippen LogP contribution in [0.1, 0.15) is 22.3 Å². The van der Waals surface area contributed by atoms with Crippen molar-refractivity contribution < 1.29 is 0 Å². The molecule has 2 heteroatoms. The Labute approximate surface area is 426 Å². The van der Waals surface area contributed by atoms with Crippen molar-refractivity contribution in [1.82, 2.24) is 4.57 Å². The minimum atomic E-state index is -0.475. The fourth-order valence-electron chi connectivity index (χ4n) is 11.9. The second-order valence-corrected chi connectivity index (χ2v) is 19.2. The minimum Gasteiger partial charge on any atom is -0.310 e. The molecule has 0 radical (unpaired) electrons. The molecule has 0 atom stereocenters. The smallest absolute Gasteiger partial charge is 0.0713 e. The molecule has 0 saturated heterocycles. The molecule has 1 aliphatic carbocycles. The van der Waals surface area contributed by atoms with E-state index in [0.29, 0.717) is 0 Å². The first kappa shape index (κ1) is 42.4. The van der Waals surface area contributed by atoms with E-state index in [-0.39, 0.29) is 0 Å². The molecule has 13 aromatic rings. The first-order chi connectivity index (χ1) is 36.2. The highest BCUT2D eigenvalue weighted by Gasteiger charge is 2.46. The van der Waals surface area contributed by atoms with Gasteiger partial charge in [-0.25, -0.2) is 0 Å². The molecule has 1 aromatic heterocycles. The Balaban J connectivity index is 0.905. The predicted octanol–water partition coefficient (Wildman–Crippen LogP) is 18.8. The zero-order valence-corrected chi connectivity index (χ0v) is 40.1. The molecule has 0 unspecified atom stereocenters. The zero-order chi connectivity index (χ0) is 48.3. The SMILES string of the molecule is c1ccc(-c2ccc(-c3ccc(N(c4ccc(-c5ccc6c7ccc8ccccc8c7n(-c7ccccc7)c6c5)cc4)c4ccc5c(c4)-c4ccccc4C5(c4ccccc4)c4ccccc4)cc3)cc2)cc1. The van der Waals surface area contributed by atoms with E-state index < -0.39 is 5.41 Å². The molecular weight excluding hydrogens is 881 g/mol. The minimum absolute atomic E-state index is 0.475. The van der Waals surface area contributed by atoms with E-state index in [1.165, 1.54) is 93.8 Å². The second-order valence-electron chi connectivity index (χ2n) is 19.2. The highest BCUT2D eigenvalue weighted by atomic mass is 15.1. The van der Waals surface area contributed by atoms with E-state index in [9.17, 15) is 0 Å². The van der Waals surface area contributed by atoms with Gasteiger partial charge in [-0.15, -0.1) is 0 Å². The molecule has 73 heavy (non-hydrogen) atoms. The van der Waals surface area contributed by atoms with Gasteiger partial charge in [0.2, 0.25) is 0 Å². The van der Waals surface area contributed by atoms with Crippen molar-refractivity contribution in [1.29, 1.82) is 0 Å². The summed E-state index contributed by atoms with van der Waals surface area (Å²) in [5.74, 6) is 0. The van der Waals surface area contributed by atoms with Crippen LogP contribution in [0.5, 0.6) is 0 Å². The van der Waals surface area contributed by atoms with Crippen LogP contribution in [0.25, 0.3) is 82.8 Å². The Morgan fingerprint density at radius 1 is 0.288 bits per heavy atom. The average Bonchev–Trinajstić information content (AvgIpc) is 3.97. The van der Waals surface area contributed by atoms with Crippen LogP contribution in [0.2, 0.25) is 0 Å². The van der Waals surface area contributed by atoms with Crippen LogP contribution < -0.4 is 4.90 Å². The van der Waals surface area contributed by atoms with Gasteiger partial charge in [0.05, 0.1) is 16.4 Å². The lowest BCUT2D eigenvalue weighted by molar-refractivity contribution is 0.768. The number of hydrogen-bond acceptors (Lipinski definition) is 1. The number of hydrogen-bond donors (Lipinski definition) is 0. The van der Waals surface area contributed by atoms with Gasteiger partial charge < -0.3 is 9.47 Å². The lowest BCUT2D eigenvalue weighted by atomic mass is 9.68. The number of para-hydroxylation sites is 1. The van der Waals surface area contributed by atoms with Crippen LogP contribution in [-0.4, -0.2) is 4.57 Å². The maximum Gasteiger partial charge on any atom is 0.0713 e. The lowest BCUT2D eigenvalue weighted by Gasteiger charge is -2.34. The first-order valence-electron chi connectivity index (χ1n) is 25.2. The highest BCUT2D eigenvalue weighted by molar-refractivity contribution is 6.19. The number of rotatable bonds is 9. The summed E-state index contributed by atoms with van der Waals surface area (Å²) in [6.07, 6.45) is 0. The summed E-state index contributed by atoms with van der Waals surface area (Å²) >= 11 is 0. The van der Waals surface area contributed by atoms with Gasteiger partial charge in [0.1, 0.15) is 0 Å². The van der Waals surface area contributed by atoms with Crippen molar-refractivity contribution in [3.8, 4) is 50.2 Å². The quantitative estimate of drug-likeness (QED) is 0.140. The molecule has 342 valence electrons. The normalized spacial score (nSPS) is 12.5. The molecule has 0 aliphatic heterocycles. The summed E-state index contributed by atoms with van der Waals surface area (Å²) in [5, 5.41) is 4.99. The topological polar surface area (TPSA) is 8.17 Å². The van der Waals surface area contributed by atoms with E-state index >= 15 is 0 Å². The third kappa shape index (κ3) is 6.94. The maximum atomic E-state index is 2.45. The fourth-order valence-corrected chi connectivity index (χ4v) is 11.9. The standard InChI is InChI=1S/C71H48N2/c1-5-17-49(18-6-1)50-29-31-51(32-30-50)52-33-39-59(40-34-52)72(61-43-46-68-66(48-61)63-27-15-16-28-67(63)71(68,56-20-7-2-8-21-56)57-22-9-3-10-23-57)60-41-35-53(36-42-60)55-38-44-64-65-45-37-54-19-13-14-26-62(54)70(65)73(69(64)47-55)58-24-11-4-12-25-58/h1-48H. The summed E-state index contributed by atoms with van der Waals surface area (Å²) in [6.45, 7) is 0. The van der Waals surface area contributed by atoms with Gasteiger partial charge in [-0.3, -0.25) is 0 Å². The van der Waals surface area contributed by atoms with Crippen molar-refractivity contribution in [2.75, 3.05) is 4.90 Å². The molecular formula is C71H48N2. The highest BCUT2D eigenvalue weighted by Crippen LogP contribution is 2.57. The summed E-state index contributed by atoms with van der Waals surface area (Å²) in [7, 11) is 0. The third-order valence-electron chi connectivity index (χ3n) is 15.3. The maximum absolute atomic E-state index is 2.45. The molecule has 0 spiro atoms. The molecule has 12 aromatic carbocycles. The van der Waals surface area contributed by atoms with Gasteiger partial charge in [0.25, 0.3) is 0 Å². The molecule has 0 bridgehead atoms. The van der Waals surface area contributed by atoms with Crippen LogP contribution in [0, 0.1) is 0 Å². The number of benzene rings is 12. The molecule has 2 nitrogen and oxygen atoms in total. The summed E-state index contributed by atoms with van der Waals surface area (Å²) in [6, 6.07) is 107. The van der Waals surface area contributed by atoms with E-state index in [4.69, 9.17) is 0 Å². The Hall–Kier alpha value is -9.50. The molecule has 1 heterocycles. The molecule has 0 fully saturated rings. The first-order valence-corrected chi connectivity index (χ1v) is 25.2. The van der Waals surface area contributed by atoms with E-state index in [1.54, 1.807) is 0 Å². The largest absolute Gasteiger partial charge is 0.310 e. The van der Waals surface area contributed by atoms with Gasteiger partial charge in [-0.2, -0.15) is 0 Å². The van der Waals surface area contributed by atoms with Crippen molar-refractivity contribution in [2.45, 2.75) is 5.41 Å². The van der Waals surface area contributed by atoms with Gasteiger partial charge in [0, 0.05) is 38.9 Å². The van der Waals surface area contributed by atoms with Gasteiger partial charge >= 0.3 is 0 Å². The Morgan fingerprint density at radius 3 is 1.40 bits per heavy atom. The van der Waals surface area contributed by atoms with E-state index in [2.05, 4.69) is 301 Å². The number of fused-ring (bicyclic) bond motifs is 8. The molecule has 0 N–H and O–H groups in total. The Bertz CT molecular complexity index is 4100. The summed E-state index contributed by atoms with van der Waals surface area (Å²) in [4.78, 5) is 2.42. The third-order valence-corrected chi connectivity index (χ3v) is 15.3. The van der Waals surface area contributed by atoms with Crippen molar-refractivity contribution >= 4 is 49.6 Å². The number of aromatic nitrogens is 1. The predicted molar refractivity (Wildman–Crippen MR) is 307 cm³/mol. The van der Waals surface area contributed by atoms with Crippen molar-refractivity contribution in [2.24, 2.45) is 0 Å². The zero-order valence-electron chi connectivity index (χ0n) is 40.1. The fraction of sp³-hybridized carbons (Fsp3) is 0.0141. The average molecular weight is 929 g/mol.